The van der Waals surface area contributed by atoms with E-state index in [4.69, 9.17) is 54.3 Å². The first-order valence-corrected chi connectivity index (χ1v) is 43.8. The van der Waals surface area contributed by atoms with Gasteiger partial charge in [0.15, 0.2) is 0 Å². The molecule has 115 heavy (non-hydrogen) atoms. The van der Waals surface area contributed by atoms with Crippen LogP contribution in [0, 0.1) is 0 Å². The molecule has 0 N–H and O–H groups in total. The summed E-state index contributed by atoms with van der Waals surface area (Å²) in [5.74, 6) is 0. The molecule has 12 rings (SSSR count). The zero-order chi connectivity index (χ0) is 81.3. The molecule has 24 nitrogen and oxygen atoms in total. The van der Waals surface area contributed by atoms with Crippen molar-refractivity contribution >= 4 is 46.9 Å². The van der Waals surface area contributed by atoms with Crippen LogP contribution in [0.1, 0.15) is 66.8 Å². The van der Waals surface area contributed by atoms with Gasteiger partial charge in [-0.2, -0.15) is 0 Å². The molecule has 0 atom stereocenters. The van der Waals surface area contributed by atoms with Crippen molar-refractivity contribution in [2.45, 2.75) is 79.3 Å². The van der Waals surface area contributed by atoms with E-state index in [9.17, 15) is 56.8 Å². The summed E-state index contributed by atoms with van der Waals surface area (Å²) in [5.41, 5.74) is 9.35. The third-order valence-corrected chi connectivity index (χ3v) is 20.1. The molecule has 0 aliphatic rings. The van der Waals surface area contributed by atoms with E-state index in [1.807, 2.05) is 218 Å². The van der Waals surface area contributed by atoms with E-state index >= 15 is 0 Å². The van der Waals surface area contributed by atoms with Gasteiger partial charge in [-0.25, -0.2) is 0 Å². The molecule has 0 saturated carbocycles. The molecular weight excluding hydrogens is 1670 g/mol. The second-order valence-electron chi connectivity index (χ2n) is 23.8. The predicted octanol–water partition coefficient (Wildman–Crippen LogP) is 17.3. The fraction of sp³-hybridized carbons (Fsp3) is 0.143. The molecule has 0 saturated heterocycles. The van der Waals surface area contributed by atoms with E-state index < -0.39 is 46.9 Å². The maximum atomic E-state index is 11.6. The van der Waals surface area contributed by atoms with Gasteiger partial charge in [0.05, 0.1) is 79.3 Å². The summed E-state index contributed by atoms with van der Waals surface area (Å²) >= 11 is 0. The van der Waals surface area contributed by atoms with Crippen LogP contribution < -0.4 is 29.4 Å². The van der Waals surface area contributed by atoms with E-state index in [1.165, 1.54) is 0 Å². The number of benzene rings is 12. The first-order valence-electron chi connectivity index (χ1n) is 35.0. The van der Waals surface area contributed by atoms with Gasteiger partial charge in [-0.1, -0.05) is 364 Å². The van der Waals surface area contributed by atoms with Gasteiger partial charge in [-0.15, -0.1) is 0 Å². The molecule has 0 spiro atoms. The maximum Gasteiger partial charge on any atom is 0.268 e. The topological polar surface area (TPSA) is 352 Å². The molecule has 0 unspecified atom stereocenters. The Morgan fingerprint density at radius 1 is 0.139 bits per heavy atom. The van der Waals surface area contributed by atoms with Gasteiger partial charge in [-0.05, 0) is 66.8 Å². The van der Waals surface area contributed by atoms with Crippen molar-refractivity contribution in [3.8, 4) is 0 Å². The Kier molecular flexibility index (Phi) is 44.5. The Morgan fingerprint density at radius 3 is 0.261 bits per heavy atom. The Balaban J connectivity index is 0.000000214. The molecule has 12 aromatic carbocycles. The molecule has 0 fully saturated rings. The molecule has 0 amide bonds. The van der Waals surface area contributed by atoms with Crippen LogP contribution in [0.15, 0.2) is 364 Å². The summed E-state index contributed by atoms with van der Waals surface area (Å²) in [6.45, 7) is -0.209. The first kappa shape index (κ1) is 95.8. The second kappa shape index (κ2) is 53.3. The van der Waals surface area contributed by atoms with E-state index in [0.29, 0.717) is 0 Å². The van der Waals surface area contributed by atoms with Crippen LogP contribution in [-0.2, 0) is 182 Å². The largest absolute Gasteiger partial charge is 0.756 e. The minimum absolute atomic E-state index is 0. The van der Waals surface area contributed by atoms with Gasteiger partial charge in [0.2, 0.25) is 0 Å². The number of phosphoric ester groups is 6. The third-order valence-electron chi connectivity index (χ3n) is 14.8. The quantitative estimate of drug-likeness (QED) is 0.0260. The summed E-state index contributed by atoms with van der Waals surface area (Å²) in [6.07, 6.45) is 0. The zero-order valence-electron chi connectivity index (χ0n) is 62.0. The van der Waals surface area contributed by atoms with Crippen LogP contribution in [0.4, 0.5) is 0 Å². The Bertz CT molecular complexity index is 3770. The smallest absolute Gasteiger partial charge is 0.268 e. The molecule has 606 valence electrons. The Labute approximate surface area is 684 Å². The molecular formula is C84H84MoO24P6-6. The number of hydrogen-bond acceptors (Lipinski definition) is 24. The first-order chi connectivity index (χ1) is 54.9. The van der Waals surface area contributed by atoms with Gasteiger partial charge in [-0.3, -0.25) is 27.4 Å². The summed E-state index contributed by atoms with van der Waals surface area (Å²) in [4.78, 5) is 69.4. The molecule has 0 aliphatic heterocycles. The minimum Gasteiger partial charge on any atom is -0.756 e. The summed E-state index contributed by atoms with van der Waals surface area (Å²) in [6, 6.07) is 109. The van der Waals surface area contributed by atoms with Crippen molar-refractivity contribution in [2.24, 2.45) is 0 Å². The second-order valence-corrected chi connectivity index (χ2v) is 32.3. The fourth-order valence-corrected chi connectivity index (χ4v) is 13.1. The van der Waals surface area contributed by atoms with Crippen molar-refractivity contribution in [3.63, 3.8) is 0 Å². The van der Waals surface area contributed by atoms with Crippen LogP contribution in [0.2, 0.25) is 0 Å². The van der Waals surface area contributed by atoms with Crippen LogP contribution in [0.25, 0.3) is 0 Å². The molecule has 12 aromatic rings. The number of rotatable bonds is 36. The van der Waals surface area contributed by atoms with E-state index in [-0.39, 0.29) is 100 Å². The average Bonchev–Trinajstić information content (AvgIpc) is 0.915. The van der Waals surface area contributed by atoms with E-state index in [1.54, 1.807) is 146 Å². The SMILES string of the molecule is O=P([O-])(OCc1ccccc1)OCc1ccccc1.O=P([O-])(OCc1ccccc1)OCc1ccccc1.O=P([O-])(OCc1ccccc1)OCc1ccccc1.O=P([O-])(OCc1ccccc1)OCc1ccccc1.O=P([O-])(OCc1ccccc1)OCc1ccccc1.O=P([O-])(OCc1ccccc1)OCc1ccccc1.[Mo]. The van der Waals surface area contributed by atoms with Crippen molar-refractivity contribution in [1.82, 2.24) is 0 Å². The monoisotopic (exact) mass is 1760 g/mol. The number of hydrogen-bond donors (Lipinski definition) is 0. The van der Waals surface area contributed by atoms with Crippen molar-refractivity contribution in [2.75, 3.05) is 0 Å². The van der Waals surface area contributed by atoms with Crippen molar-refractivity contribution in [1.29, 1.82) is 0 Å². The van der Waals surface area contributed by atoms with E-state index in [2.05, 4.69) is 0 Å². The van der Waals surface area contributed by atoms with Crippen LogP contribution in [-0.4, -0.2) is 0 Å². The van der Waals surface area contributed by atoms with Gasteiger partial charge < -0.3 is 83.6 Å². The molecule has 0 aromatic heterocycles. The molecule has 0 radical (unpaired) electrons. The molecule has 0 bridgehead atoms. The molecule has 0 aliphatic carbocycles. The minimum atomic E-state index is -4.27. The predicted molar refractivity (Wildman–Crippen MR) is 420 cm³/mol. The summed E-state index contributed by atoms with van der Waals surface area (Å²) in [7, 11) is -25.6. The fourth-order valence-electron chi connectivity index (χ4n) is 8.96. The third kappa shape index (κ3) is 44.8. The van der Waals surface area contributed by atoms with Crippen LogP contribution >= 0.6 is 46.9 Å². The molecule has 31 heteroatoms. The van der Waals surface area contributed by atoms with Gasteiger partial charge in [0, 0.05) is 21.1 Å². The maximum absolute atomic E-state index is 11.6. The van der Waals surface area contributed by atoms with Crippen molar-refractivity contribution < 1.29 is 132 Å². The Morgan fingerprint density at radius 2 is 0.200 bits per heavy atom. The summed E-state index contributed by atoms with van der Waals surface area (Å²) < 4.78 is 127. The van der Waals surface area contributed by atoms with Crippen molar-refractivity contribution in [3.05, 3.63) is 431 Å². The Hall–Kier alpha value is -8.01. The van der Waals surface area contributed by atoms with Gasteiger partial charge in [0.25, 0.3) is 46.9 Å². The van der Waals surface area contributed by atoms with Gasteiger partial charge >= 0.3 is 0 Å². The average molecular weight is 1760 g/mol. The van der Waals surface area contributed by atoms with Crippen LogP contribution in [0.5, 0.6) is 0 Å². The zero-order valence-corrected chi connectivity index (χ0v) is 69.4. The standard InChI is InChI=1S/6C14H15O4P.Mo/c6*15-19(16,17-11-13-7-3-1-4-8-13)18-12-14-9-5-2-6-10-14;/h6*1-10H,11-12H2,(H,15,16);/p-6. The van der Waals surface area contributed by atoms with E-state index in [0.717, 1.165) is 66.8 Å². The van der Waals surface area contributed by atoms with Crippen LogP contribution in [0.3, 0.4) is 0 Å². The normalized spacial score (nSPS) is 11.3. The van der Waals surface area contributed by atoms with Gasteiger partial charge in [0.1, 0.15) is 0 Å². The summed E-state index contributed by atoms with van der Waals surface area (Å²) in [5, 5.41) is 0. The molecule has 0 heterocycles. The number of phosphoric acid groups is 6.